The molecule has 0 saturated carbocycles. The fraction of sp³-hybridized carbons (Fsp3) is 0.385. The van der Waals surface area contributed by atoms with E-state index in [1.54, 1.807) is 0 Å². The molecule has 6 heteroatoms. The second kappa shape index (κ2) is 10.5. The van der Waals surface area contributed by atoms with Crippen molar-refractivity contribution >= 4 is 5.91 Å². The Labute approximate surface area is 190 Å². The van der Waals surface area contributed by atoms with Crippen molar-refractivity contribution in [2.24, 2.45) is 0 Å². The van der Waals surface area contributed by atoms with Crippen molar-refractivity contribution in [1.82, 2.24) is 19.4 Å². The molecule has 1 aromatic heterocycles. The van der Waals surface area contributed by atoms with Crippen LogP contribution in [0, 0.1) is 0 Å². The van der Waals surface area contributed by atoms with Crippen LogP contribution < -0.4 is 4.74 Å². The van der Waals surface area contributed by atoms with Crippen LogP contribution in [-0.2, 0) is 11.3 Å². The average molecular weight is 433 g/mol. The van der Waals surface area contributed by atoms with Crippen LogP contribution in [0.5, 0.6) is 5.75 Å². The maximum atomic E-state index is 12.6. The van der Waals surface area contributed by atoms with Crippen LogP contribution in [0.15, 0.2) is 67.0 Å². The van der Waals surface area contributed by atoms with E-state index in [-0.39, 0.29) is 12.5 Å². The van der Waals surface area contributed by atoms with Crippen LogP contribution >= 0.6 is 0 Å². The van der Waals surface area contributed by atoms with E-state index in [4.69, 9.17) is 4.74 Å². The highest BCUT2D eigenvalue weighted by Gasteiger charge is 2.21. The average Bonchev–Trinajstić information content (AvgIpc) is 3.31. The minimum absolute atomic E-state index is 0.0542. The third kappa shape index (κ3) is 5.56. The molecule has 1 fully saturated rings. The van der Waals surface area contributed by atoms with Crippen molar-refractivity contribution in [2.45, 2.75) is 26.3 Å². The molecule has 1 aliphatic rings. The van der Waals surface area contributed by atoms with Gasteiger partial charge in [-0.25, -0.2) is 4.98 Å². The number of piperazine rings is 1. The lowest BCUT2D eigenvalue weighted by atomic mass is 10.0. The lowest BCUT2D eigenvalue weighted by Gasteiger charge is -2.34. The standard InChI is InChI=1S/C26H32N4O2/c1-21(2)22-8-10-24(11-9-22)32-20-25(31)29-17-14-28(15-18-29)16-19-30-13-12-27-26(30)23-6-4-3-5-7-23/h3-13,21H,14-20H2,1-2H3. The monoisotopic (exact) mass is 432 g/mol. The summed E-state index contributed by atoms with van der Waals surface area (Å²) in [5.74, 6) is 2.29. The van der Waals surface area contributed by atoms with Gasteiger partial charge < -0.3 is 14.2 Å². The molecule has 1 aliphatic heterocycles. The zero-order valence-corrected chi connectivity index (χ0v) is 19.0. The largest absolute Gasteiger partial charge is 0.484 e. The van der Waals surface area contributed by atoms with E-state index in [2.05, 4.69) is 52.6 Å². The summed E-state index contributed by atoms with van der Waals surface area (Å²) in [6.07, 6.45) is 3.89. The molecule has 1 amide bonds. The SMILES string of the molecule is CC(C)c1ccc(OCC(=O)N2CCN(CCn3ccnc3-c3ccccc3)CC2)cc1. The molecule has 0 N–H and O–H groups in total. The zero-order valence-electron chi connectivity index (χ0n) is 19.0. The summed E-state index contributed by atoms with van der Waals surface area (Å²) in [5, 5.41) is 0. The predicted molar refractivity (Wildman–Crippen MR) is 127 cm³/mol. The Morgan fingerprint density at radius 2 is 1.69 bits per heavy atom. The van der Waals surface area contributed by atoms with Crippen molar-refractivity contribution in [3.05, 3.63) is 72.6 Å². The van der Waals surface area contributed by atoms with Crippen molar-refractivity contribution in [3.63, 3.8) is 0 Å². The van der Waals surface area contributed by atoms with Crippen molar-refractivity contribution in [2.75, 3.05) is 39.3 Å². The molecule has 0 atom stereocenters. The smallest absolute Gasteiger partial charge is 0.260 e. The molecule has 0 radical (unpaired) electrons. The zero-order chi connectivity index (χ0) is 22.3. The van der Waals surface area contributed by atoms with E-state index >= 15 is 0 Å². The second-order valence-corrected chi connectivity index (χ2v) is 8.55. The van der Waals surface area contributed by atoms with Crippen LogP contribution in [0.3, 0.4) is 0 Å². The van der Waals surface area contributed by atoms with E-state index in [1.165, 1.54) is 5.56 Å². The number of hydrogen-bond acceptors (Lipinski definition) is 4. The summed E-state index contributed by atoms with van der Waals surface area (Å²) in [6, 6.07) is 18.3. The second-order valence-electron chi connectivity index (χ2n) is 8.55. The van der Waals surface area contributed by atoms with Gasteiger partial charge in [0.1, 0.15) is 11.6 Å². The van der Waals surface area contributed by atoms with E-state index in [0.29, 0.717) is 5.92 Å². The first-order chi connectivity index (χ1) is 15.6. The van der Waals surface area contributed by atoms with Gasteiger partial charge in [0.15, 0.2) is 6.61 Å². The Hall–Kier alpha value is -3.12. The minimum Gasteiger partial charge on any atom is -0.484 e. The molecule has 6 nitrogen and oxygen atoms in total. The van der Waals surface area contributed by atoms with Gasteiger partial charge in [-0.1, -0.05) is 56.3 Å². The lowest BCUT2D eigenvalue weighted by molar-refractivity contribution is -0.135. The molecule has 4 rings (SSSR count). The van der Waals surface area contributed by atoms with E-state index < -0.39 is 0 Å². The molecule has 1 saturated heterocycles. The van der Waals surface area contributed by atoms with Crippen LogP contribution in [0.25, 0.3) is 11.4 Å². The van der Waals surface area contributed by atoms with Gasteiger partial charge in [0.2, 0.25) is 0 Å². The highest BCUT2D eigenvalue weighted by Crippen LogP contribution is 2.19. The van der Waals surface area contributed by atoms with Crippen LogP contribution in [0.2, 0.25) is 0 Å². The van der Waals surface area contributed by atoms with E-state index in [1.807, 2.05) is 47.6 Å². The number of carbonyl (C=O) groups excluding carboxylic acids is 1. The van der Waals surface area contributed by atoms with Gasteiger partial charge in [0.05, 0.1) is 0 Å². The van der Waals surface area contributed by atoms with Crippen molar-refractivity contribution in [3.8, 4) is 17.1 Å². The maximum absolute atomic E-state index is 12.6. The number of aromatic nitrogens is 2. The van der Waals surface area contributed by atoms with E-state index in [9.17, 15) is 4.79 Å². The Kier molecular flexibility index (Phi) is 7.22. The number of imidazole rings is 1. The fourth-order valence-electron chi connectivity index (χ4n) is 3.99. The molecular weight excluding hydrogens is 400 g/mol. The molecule has 2 aromatic carbocycles. The number of ether oxygens (including phenoxy) is 1. The Morgan fingerprint density at radius 3 is 2.38 bits per heavy atom. The first kappa shape index (κ1) is 22.1. The summed E-state index contributed by atoms with van der Waals surface area (Å²) in [6.45, 7) is 9.48. The van der Waals surface area contributed by atoms with Crippen LogP contribution in [-0.4, -0.2) is 64.6 Å². The first-order valence-electron chi connectivity index (χ1n) is 11.4. The summed E-state index contributed by atoms with van der Waals surface area (Å²) in [5.41, 5.74) is 2.40. The molecule has 32 heavy (non-hydrogen) atoms. The molecule has 168 valence electrons. The van der Waals surface area contributed by atoms with Gasteiger partial charge >= 0.3 is 0 Å². The number of carbonyl (C=O) groups is 1. The normalized spacial score (nSPS) is 14.7. The highest BCUT2D eigenvalue weighted by atomic mass is 16.5. The number of nitrogens with zero attached hydrogens (tertiary/aromatic N) is 4. The molecule has 0 spiro atoms. The maximum Gasteiger partial charge on any atom is 0.260 e. The van der Waals surface area contributed by atoms with Gasteiger partial charge in [-0.05, 0) is 23.6 Å². The van der Waals surface area contributed by atoms with Crippen LogP contribution in [0.4, 0.5) is 0 Å². The van der Waals surface area contributed by atoms with Gasteiger partial charge in [-0.3, -0.25) is 9.69 Å². The number of hydrogen-bond donors (Lipinski definition) is 0. The summed E-state index contributed by atoms with van der Waals surface area (Å²) >= 11 is 0. The molecule has 0 aliphatic carbocycles. The third-order valence-corrected chi connectivity index (χ3v) is 6.04. The van der Waals surface area contributed by atoms with Crippen LogP contribution in [0.1, 0.15) is 25.3 Å². The topological polar surface area (TPSA) is 50.6 Å². The third-order valence-electron chi connectivity index (χ3n) is 6.04. The predicted octanol–water partition coefficient (Wildman–Crippen LogP) is 3.90. The Balaban J connectivity index is 1.21. The van der Waals surface area contributed by atoms with Crippen molar-refractivity contribution in [1.29, 1.82) is 0 Å². The minimum atomic E-state index is 0.0542. The summed E-state index contributed by atoms with van der Waals surface area (Å²) in [4.78, 5) is 21.4. The number of rotatable bonds is 8. The molecule has 3 aromatic rings. The summed E-state index contributed by atoms with van der Waals surface area (Å²) < 4.78 is 7.92. The van der Waals surface area contributed by atoms with Crippen molar-refractivity contribution < 1.29 is 9.53 Å². The Bertz CT molecular complexity index is 990. The van der Waals surface area contributed by atoms with E-state index in [0.717, 1.165) is 56.4 Å². The van der Waals surface area contributed by atoms with Gasteiger partial charge in [0, 0.05) is 57.2 Å². The molecular formula is C26H32N4O2. The molecule has 0 unspecified atom stereocenters. The van der Waals surface area contributed by atoms with Gasteiger partial charge in [-0.15, -0.1) is 0 Å². The molecule has 0 bridgehead atoms. The lowest BCUT2D eigenvalue weighted by Crippen LogP contribution is -2.50. The quantitative estimate of drug-likeness (QED) is 0.542. The first-order valence-corrected chi connectivity index (χ1v) is 11.4. The fourth-order valence-corrected chi connectivity index (χ4v) is 3.99. The Morgan fingerprint density at radius 1 is 0.969 bits per heavy atom. The van der Waals surface area contributed by atoms with Gasteiger partial charge in [-0.2, -0.15) is 0 Å². The molecule has 2 heterocycles. The summed E-state index contributed by atoms with van der Waals surface area (Å²) in [7, 11) is 0. The number of benzene rings is 2. The number of amides is 1. The van der Waals surface area contributed by atoms with Gasteiger partial charge in [0.25, 0.3) is 5.91 Å². The highest BCUT2D eigenvalue weighted by molar-refractivity contribution is 5.77.